The molecular formula is C12H15ClN2O3. The van der Waals surface area contributed by atoms with Crippen LogP contribution >= 0.6 is 11.6 Å². The lowest BCUT2D eigenvalue weighted by molar-refractivity contribution is -0.384. The van der Waals surface area contributed by atoms with Crippen LogP contribution < -0.4 is 4.90 Å². The molecule has 1 atom stereocenters. The molecule has 0 aliphatic carbocycles. The Labute approximate surface area is 110 Å². The van der Waals surface area contributed by atoms with Gasteiger partial charge in [0.25, 0.3) is 5.69 Å². The molecule has 0 bridgehead atoms. The van der Waals surface area contributed by atoms with Gasteiger partial charge in [-0.2, -0.15) is 0 Å². The van der Waals surface area contributed by atoms with Crippen molar-refractivity contribution in [2.45, 2.75) is 12.8 Å². The van der Waals surface area contributed by atoms with Gasteiger partial charge >= 0.3 is 0 Å². The Bertz CT molecular complexity index is 453. The molecule has 0 spiro atoms. The van der Waals surface area contributed by atoms with Crippen molar-refractivity contribution in [2.24, 2.45) is 5.92 Å². The van der Waals surface area contributed by atoms with Gasteiger partial charge in [0.15, 0.2) is 0 Å². The van der Waals surface area contributed by atoms with E-state index in [1.54, 1.807) is 6.07 Å². The van der Waals surface area contributed by atoms with Crippen LogP contribution in [0.15, 0.2) is 18.2 Å². The van der Waals surface area contributed by atoms with Crippen LogP contribution in [0.5, 0.6) is 0 Å². The second-order valence-electron chi connectivity index (χ2n) is 4.53. The molecule has 0 aromatic heterocycles. The van der Waals surface area contributed by atoms with Gasteiger partial charge in [0.2, 0.25) is 0 Å². The first-order valence-corrected chi connectivity index (χ1v) is 6.29. The zero-order valence-electron chi connectivity index (χ0n) is 9.88. The summed E-state index contributed by atoms with van der Waals surface area (Å²) in [5, 5.41) is 20.2. The predicted molar refractivity (Wildman–Crippen MR) is 70.1 cm³/mol. The number of aliphatic hydroxyl groups excluding tert-OH is 1. The van der Waals surface area contributed by atoms with Gasteiger partial charge in [-0.1, -0.05) is 11.6 Å². The highest BCUT2D eigenvalue weighted by molar-refractivity contribution is 6.33. The van der Waals surface area contributed by atoms with E-state index < -0.39 is 4.92 Å². The fourth-order valence-electron chi connectivity index (χ4n) is 2.30. The van der Waals surface area contributed by atoms with Gasteiger partial charge in [-0.25, -0.2) is 0 Å². The first-order chi connectivity index (χ1) is 8.61. The number of benzene rings is 1. The third-order valence-electron chi connectivity index (χ3n) is 3.26. The van der Waals surface area contributed by atoms with Crippen LogP contribution in [0.3, 0.4) is 0 Å². The average molecular weight is 271 g/mol. The number of non-ortho nitro benzene ring substituents is 1. The molecule has 2 rings (SSSR count). The maximum Gasteiger partial charge on any atom is 0.271 e. The van der Waals surface area contributed by atoms with Crippen LogP contribution in [-0.2, 0) is 0 Å². The summed E-state index contributed by atoms with van der Waals surface area (Å²) in [7, 11) is 0. The molecule has 1 aromatic carbocycles. The Hall–Kier alpha value is -1.33. The van der Waals surface area contributed by atoms with Crippen molar-refractivity contribution >= 4 is 23.0 Å². The van der Waals surface area contributed by atoms with Gasteiger partial charge in [0, 0.05) is 31.8 Å². The highest BCUT2D eigenvalue weighted by atomic mass is 35.5. The molecular weight excluding hydrogens is 256 g/mol. The number of anilines is 1. The molecule has 1 unspecified atom stereocenters. The molecule has 1 fully saturated rings. The second kappa shape index (κ2) is 5.54. The Morgan fingerprint density at radius 1 is 1.56 bits per heavy atom. The van der Waals surface area contributed by atoms with Gasteiger partial charge in [0.1, 0.15) is 0 Å². The van der Waals surface area contributed by atoms with E-state index in [1.165, 1.54) is 12.1 Å². The van der Waals surface area contributed by atoms with E-state index in [-0.39, 0.29) is 18.2 Å². The average Bonchev–Trinajstić information content (AvgIpc) is 2.38. The van der Waals surface area contributed by atoms with Crippen LogP contribution in [0.2, 0.25) is 5.02 Å². The largest absolute Gasteiger partial charge is 0.396 e. The standard InChI is InChI=1S/C12H15ClN2O3/c13-11-6-10(15(17)18)3-4-12(11)14-5-1-2-9(7-14)8-16/h3-4,6,9,16H,1-2,5,7-8H2. The maximum atomic E-state index is 10.6. The molecule has 0 saturated carbocycles. The number of aliphatic hydroxyl groups is 1. The molecule has 1 heterocycles. The lowest BCUT2D eigenvalue weighted by Gasteiger charge is -2.34. The van der Waals surface area contributed by atoms with Crippen molar-refractivity contribution in [2.75, 3.05) is 24.6 Å². The van der Waals surface area contributed by atoms with E-state index in [2.05, 4.69) is 4.90 Å². The number of piperidine rings is 1. The lowest BCUT2D eigenvalue weighted by atomic mass is 9.98. The Morgan fingerprint density at radius 2 is 2.33 bits per heavy atom. The van der Waals surface area contributed by atoms with E-state index in [4.69, 9.17) is 11.6 Å². The summed E-state index contributed by atoms with van der Waals surface area (Å²) in [6, 6.07) is 4.52. The van der Waals surface area contributed by atoms with Gasteiger partial charge in [-0.15, -0.1) is 0 Å². The number of hydrogen-bond acceptors (Lipinski definition) is 4. The smallest absolute Gasteiger partial charge is 0.271 e. The second-order valence-corrected chi connectivity index (χ2v) is 4.94. The molecule has 1 aromatic rings. The molecule has 1 saturated heterocycles. The van der Waals surface area contributed by atoms with Gasteiger partial charge in [-0.05, 0) is 24.8 Å². The van der Waals surface area contributed by atoms with E-state index in [0.717, 1.165) is 31.6 Å². The molecule has 1 aliphatic rings. The quantitative estimate of drug-likeness (QED) is 0.677. The van der Waals surface area contributed by atoms with Crippen molar-refractivity contribution in [1.29, 1.82) is 0 Å². The minimum Gasteiger partial charge on any atom is -0.396 e. The van der Waals surface area contributed by atoms with Gasteiger partial charge < -0.3 is 10.0 Å². The fraction of sp³-hybridized carbons (Fsp3) is 0.500. The summed E-state index contributed by atoms with van der Waals surface area (Å²) >= 11 is 6.09. The molecule has 98 valence electrons. The first-order valence-electron chi connectivity index (χ1n) is 5.91. The summed E-state index contributed by atoms with van der Waals surface area (Å²) in [6.07, 6.45) is 2.01. The topological polar surface area (TPSA) is 66.6 Å². The van der Waals surface area contributed by atoms with E-state index in [1.807, 2.05) is 0 Å². The summed E-state index contributed by atoms with van der Waals surface area (Å²) in [5.41, 5.74) is 0.805. The van der Waals surface area contributed by atoms with Crippen molar-refractivity contribution in [1.82, 2.24) is 0 Å². The maximum absolute atomic E-state index is 10.6. The van der Waals surface area contributed by atoms with E-state index in [9.17, 15) is 15.2 Å². The zero-order chi connectivity index (χ0) is 13.1. The van der Waals surface area contributed by atoms with Crippen molar-refractivity contribution < 1.29 is 10.0 Å². The van der Waals surface area contributed by atoms with Gasteiger partial charge in [0.05, 0.1) is 15.6 Å². The van der Waals surface area contributed by atoms with E-state index in [0.29, 0.717) is 5.02 Å². The minimum atomic E-state index is -0.456. The molecule has 1 aliphatic heterocycles. The third-order valence-corrected chi connectivity index (χ3v) is 3.56. The molecule has 5 nitrogen and oxygen atoms in total. The van der Waals surface area contributed by atoms with Crippen molar-refractivity contribution in [3.8, 4) is 0 Å². The van der Waals surface area contributed by atoms with Crippen LogP contribution in [0.1, 0.15) is 12.8 Å². The highest BCUT2D eigenvalue weighted by Crippen LogP contribution is 2.32. The van der Waals surface area contributed by atoms with Crippen LogP contribution in [0, 0.1) is 16.0 Å². The summed E-state index contributed by atoms with van der Waals surface area (Å²) < 4.78 is 0. The summed E-state index contributed by atoms with van der Waals surface area (Å²) in [4.78, 5) is 12.3. The number of hydrogen-bond donors (Lipinski definition) is 1. The Balaban J connectivity index is 2.20. The number of nitro groups is 1. The van der Waals surface area contributed by atoms with Crippen molar-refractivity contribution in [3.63, 3.8) is 0 Å². The van der Waals surface area contributed by atoms with E-state index >= 15 is 0 Å². The zero-order valence-corrected chi connectivity index (χ0v) is 10.6. The number of halogens is 1. The minimum absolute atomic E-state index is 0.000493. The van der Waals surface area contributed by atoms with Gasteiger partial charge in [-0.3, -0.25) is 10.1 Å². The van der Waals surface area contributed by atoms with Crippen LogP contribution in [0.4, 0.5) is 11.4 Å². The highest BCUT2D eigenvalue weighted by Gasteiger charge is 2.22. The number of nitro benzene ring substituents is 1. The molecule has 18 heavy (non-hydrogen) atoms. The Morgan fingerprint density at radius 3 is 2.94 bits per heavy atom. The first kappa shape index (κ1) is 13.1. The molecule has 0 radical (unpaired) electrons. The molecule has 6 heteroatoms. The number of nitrogens with zero attached hydrogens (tertiary/aromatic N) is 2. The normalized spacial score (nSPS) is 19.9. The lowest BCUT2D eigenvalue weighted by Crippen LogP contribution is -2.36. The SMILES string of the molecule is O=[N+]([O-])c1ccc(N2CCCC(CO)C2)c(Cl)c1. The third kappa shape index (κ3) is 2.73. The Kier molecular flexibility index (Phi) is 4.04. The van der Waals surface area contributed by atoms with Crippen molar-refractivity contribution in [3.05, 3.63) is 33.3 Å². The summed E-state index contributed by atoms with van der Waals surface area (Å²) in [6.45, 7) is 1.78. The predicted octanol–water partition coefficient (Wildman–Crippen LogP) is 2.46. The molecule has 1 N–H and O–H groups in total. The van der Waals surface area contributed by atoms with Crippen LogP contribution in [0.25, 0.3) is 0 Å². The molecule has 0 amide bonds. The monoisotopic (exact) mass is 270 g/mol. The summed E-state index contributed by atoms with van der Waals surface area (Å²) in [5.74, 6) is 0.255. The number of rotatable bonds is 3. The fourth-order valence-corrected chi connectivity index (χ4v) is 2.59. The van der Waals surface area contributed by atoms with Crippen LogP contribution in [-0.4, -0.2) is 29.7 Å².